The molecule has 0 radical (unpaired) electrons. The minimum absolute atomic E-state index is 0.165. The van der Waals surface area contributed by atoms with Gasteiger partial charge in [-0.3, -0.25) is 9.69 Å². The first kappa shape index (κ1) is 29.4. The number of rotatable bonds is 3. The Morgan fingerprint density at radius 3 is 2.42 bits per heavy atom. The summed E-state index contributed by atoms with van der Waals surface area (Å²) < 4.78 is 75.7. The van der Waals surface area contributed by atoms with E-state index in [-0.39, 0.29) is 9.84 Å². The van der Waals surface area contributed by atoms with Gasteiger partial charge in [-0.25, -0.2) is 33.2 Å². The highest BCUT2D eigenvalue weighted by molar-refractivity contribution is 7.18. The number of carbonyl (C=O) groups excluding carboxylic acids is 3. The van der Waals surface area contributed by atoms with E-state index in [1.165, 1.54) is 27.7 Å². The molecule has 1 aliphatic rings. The summed E-state index contributed by atoms with van der Waals surface area (Å²) >= 11 is 6.47. The molecule has 0 aliphatic carbocycles. The van der Waals surface area contributed by atoms with Gasteiger partial charge in [-0.2, -0.15) is 13.2 Å². The van der Waals surface area contributed by atoms with Crippen molar-refractivity contribution in [3.05, 3.63) is 45.4 Å². The van der Waals surface area contributed by atoms with Crippen molar-refractivity contribution in [2.75, 3.05) is 23.4 Å². The minimum atomic E-state index is -4.91. The third kappa shape index (κ3) is 5.39. The minimum Gasteiger partial charge on any atom is -0.443 e. The van der Waals surface area contributed by atoms with Crippen molar-refractivity contribution in [3.8, 4) is 0 Å². The van der Waals surface area contributed by atoms with Crippen molar-refractivity contribution in [2.45, 2.75) is 45.5 Å². The maximum Gasteiger partial charge on any atom is 0.418 e. The number of anilines is 2. The molecule has 4 rings (SSSR count). The van der Waals surface area contributed by atoms with Gasteiger partial charge in [0, 0.05) is 7.05 Å². The van der Waals surface area contributed by atoms with Crippen LogP contribution in [0.15, 0.2) is 18.2 Å². The highest BCUT2D eigenvalue weighted by atomic mass is 35.5. The molecular formula is C24H21ClF5N5O4S. The predicted molar refractivity (Wildman–Crippen MR) is 137 cm³/mol. The molecule has 9 nitrogen and oxygen atoms in total. The lowest BCUT2D eigenvalue weighted by molar-refractivity contribution is -0.136. The van der Waals surface area contributed by atoms with Crippen molar-refractivity contribution in [3.63, 3.8) is 0 Å². The number of benzene rings is 1. The Morgan fingerprint density at radius 1 is 1.18 bits per heavy atom. The molecule has 2 aromatic heterocycles. The molecule has 1 atom stereocenters. The van der Waals surface area contributed by atoms with E-state index in [1.54, 1.807) is 0 Å². The molecular weight excluding hydrogens is 585 g/mol. The Hall–Kier alpha value is -3.59. The molecule has 0 bridgehead atoms. The van der Waals surface area contributed by atoms with Crippen LogP contribution in [0.3, 0.4) is 0 Å². The molecule has 0 spiro atoms. The normalized spacial score (nSPS) is 16.2. The monoisotopic (exact) mass is 605 g/mol. The van der Waals surface area contributed by atoms with Gasteiger partial charge in [-0.1, -0.05) is 22.9 Å². The molecule has 1 saturated heterocycles. The first-order valence-electron chi connectivity index (χ1n) is 11.5. The summed E-state index contributed by atoms with van der Waals surface area (Å²) in [6, 6.07) is -0.582. The quantitative estimate of drug-likeness (QED) is 0.262. The Kier molecular flexibility index (Phi) is 7.43. The van der Waals surface area contributed by atoms with Gasteiger partial charge < -0.3 is 9.64 Å². The zero-order valence-corrected chi connectivity index (χ0v) is 23.1. The lowest BCUT2D eigenvalue weighted by Gasteiger charge is -2.27. The second kappa shape index (κ2) is 10.1. The van der Waals surface area contributed by atoms with Gasteiger partial charge in [0.25, 0.3) is 5.91 Å². The number of alkyl halides is 3. The van der Waals surface area contributed by atoms with Gasteiger partial charge in [-0.15, -0.1) is 0 Å². The maximum atomic E-state index is 14.7. The van der Waals surface area contributed by atoms with Crippen LogP contribution < -0.4 is 9.80 Å². The van der Waals surface area contributed by atoms with Crippen LogP contribution in [0.4, 0.5) is 43.0 Å². The predicted octanol–water partition coefficient (Wildman–Crippen LogP) is 6.16. The van der Waals surface area contributed by atoms with Crippen LogP contribution in [0, 0.1) is 18.6 Å². The van der Waals surface area contributed by atoms with Crippen LogP contribution in [0.5, 0.6) is 0 Å². The second-order valence-electron chi connectivity index (χ2n) is 9.76. The summed E-state index contributed by atoms with van der Waals surface area (Å²) in [5, 5.41) is -0.626. The first-order chi connectivity index (χ1) is 18.4. The average molecular weight is 606 g/mol. The van der Waals surface area contributed by atoms with Gasteiger partial charge >= 0.3 is 18.3 Å². The van der Waals surface area contributed by atoms with Gasteiger partial charge in [-0.05, 0) is 45.9 Å². The van der Waals surface area contributed by atoms with E-state index >= 15 is 0 Å². The largest absolute Gasteiger partial charge is 0.443 e. The number of carbonyl (C=O) groups is 3. The Morgan fingerprint density at radius 2 is 1.82 bits per heavy atom. The summed E-state index contributed by atoms with van der Waals surface area (Å²) in [6.45, 7) is 5.38. The number of urea groups is 1. The number of hydrogen-bond acceptors (Lipinski definition) is 7. The molecule has 16 heteroatoms. The molecule has 1 fully saturated rings. The number of pyridine rings is 1. The maximum absolute atomic E-state index is 14.7. The molecule has 3 heterocycles. The highest BCUT2D eigenvalue weighted by Crippen LogP contribution is 2.39. The molecule has 3 aromatic rings. The van der Waals surface area contributed by atoms with E-state index in [4.69, 9.17) is 16.3 Å². The number of aromatic nitrogens is 2. The molecule has 1 aliphatic heterocycles. The van der Waals surface area contributed by atoms with E-state index in [9.17, 15) is 36.3 Å². The Labute approximate surface area is 233 Å². The van der Waals surface area contributed by atoms with E-state index in [0.29, 0.717) is 20.8 Å². The molecule has 1 aromatic carbocycles. The fourth-order valence-electron chi connectivity index (χ4n) is 3.97. The van der Waals surface area contributed by atoms with Crippen molar-refractivity contribution in [1.82, 2.24) is 14.9 Å². The number of thiazole rings is 1. The molecule has 214 valence electrons. The zero-order valence-electron chi connectivity index (χ0n) is 21.6. The van der Waals surface area contributed by atoms with Crippen LogP contribution >= 0.6 is 22.9 Å². The Bertz CT molecular complexity index is 1540. The van der Waals surface area contributed by atoms with Crippen LogP contribution in [0.25, 0.3) is 10.3 Å². The third-order valence-electron chi connectivity index (χ3n) is 5.72. The molecule has 40 heavy (non-hydrogen) atoms. The lowest BCUT2D eigenvalue weighted by Crippen LogP contribution is -2.47. The van der Waals surface area contributed by atoms with Gasteiger partial charge in [0.05, 0.1) is 22.8 Å². The number of aryl methyl sites for hydroxylation is 1. The molecule has 1 unspecified atom stereocenters. The van der Waals surface area contributed by atoms with Crippen molar-refractivity contribution < 1.29 is 41.1 Å². The number of amides is 4. The van der Waals surface area contributed by atoms with Crippen LogP contribution in [-0.4, -0.2) is 58.1 Å². The van der Waals surface area contributed by atoms with E-state index in [1.807, 2.05) is 0 Å². The zero-order chi connectivity index (χ0) is 29.9. The number of nitrogens with zero attached hydrogens (tertiary/aromatic N) is 5. The summed E-state index contributed by atoms with van der Waals surface area (Å²) in [4.78, 5) is 49.7. The van der Waals surface area contributed by atoms with Crippen LogP contribution in [-0.2, 0) is 15.7 Å². The summed E-state index contributed by atoms with van der Waals surface area (Å²) in [5.74, 6) is -3.99. The lowest BCUT2D eigenvalue weighted by atomic mass is 10.2. The summed E-state index contributed by atoms with van der Waals surface area (Å²) in [6.07, 6.45) is -6.07. The Balaban J connectivity index is 1.85. The van der Waals surface area contributed by atoms with Crippen molar-refractivity contribution >= 4 is 62.8 Å². The van der Waals surface area contributed by atoms with Crippen molar-refractivity contribution in [2.24, 2.45) is 0 Å². The van der Waals surface area contributed by atoms with E-state index in [2.05, 4.69) is 9.97 Å². The number of likely N-dealkylation sites (N-methyl/N-ethyl adjacent to an activating group) is 1. The number of hydrogen-bond donors (Lipinski definition) is 0. The smallest absolute Gasteiger partial charge is 0.418 e. The third-order valence-corrected chi connectivity index (χ3v) is 6.93. The van der Waals surface area contributed by atoms with Gasteiger partial charge in [0.15, 0.2) is 5.82 Å². The molecule has 0 N–H and O–H groups in total. The number of ether oxygens (including phenoxy) is 1. The average Bonchev–Trinajstić information content (AvgIpc) is 3.38. The van der Waals surface area contributed by atoms with Crippen molar-refractivity contribution in [1.29, 1.82) is 0 Å². The van der Waals surface area contributed by atoms with Gasteiger partial charge in [0.2, 0.25) is 0 Å². The standard InChI is InChI=1S/C24H21ClF5N5O4S/c1-10-31-18-11(24(28,29)30)8-15(32-19(18)40-10)35-14(9-34(21(35)37)22(38)39-23(2,3)4)20(36)33(5)13-7-6-12(26)16(25)17(13)27/h6-8,14H,9H2,1-5H3. The summed E-state index contributed by atoms with van der Waals surface area (Å²) in [7, 11) is 1.10. The molecule has 4 amide bonds. The number of halogens is 6. The summed E-state index contributed by atoms with van der Waals surface area (Å²) in [5.41, 5.74) is -3.19. The van der Waals surface area contributed by atoms with E-state index < -0.39 is 81.6 Å². The first-order valence-corrected chi connectivity index (χ1v) is 12.7. The van der Waals surface area contributed by atoms with Gasteiger partial charge in [0.1, 0.15) is 38.6 Å². The molecule has 0 saturated carbocycles. The fourth-order valence-corrected chi connectivity index (χ4v) is 4.94. The second-order valence-corrected chi connectivity index (χ2v) is 11.3. The topological polar surface area (TPSA) is 95.9 Å². The number of imide groups is 1. The van der Waals surface area contributed by atoms with Crippen LogP contribution in [0.1, 0.15) is 31.3 Å². The SMILES string of the molecule is Cc1nc2c(C(F)(F)F)cc(N3C(=O)N(C(=O)OC(C)(C)C)CC3C(=O)N(C)c3ccc(F)c(Cl)c3F)nc2s1. The highest BCUT2D eigenvalue weighted by Gasteiger charge is 2.49. The number of fused-ring (bicyclic) bond motifs is 1. The van der Waals surface area contributed by atoms with E-state index in [0.717, 1.165) is 30.5 Å². The van der Waals surface area contributed by atoms with Crippen LogP contribution in [0.2, 0.25) is 5.02 Å². The fraction of sp³-hybridized carbons (Fsp3) is 0.375.